The van der Waals surface area contributed by atoms with E-state index in [1.165, 1.54) is 13.3 Å². The van der Waals surface area contributed by atoms with E-state index in [9.17, 15) is 4.79 Å². The van der Waals surface area contributed by atoms with E-state index in [2.05, 4.69) is 9.97 Å². The molecular formula is C11H14N4O2. The number of ether oxygens (including phenoxy) is 1. The molecule has 17 heavy (non-hydrogen) atoms. The van der Waals surface area contributed by atoms with Crippen LogP contribution >= 0.6 is 0 Å². The van der Waals surface area contributed by atoms with Gasteiger partial charge in [-0.2, -0.15) is 0 Å². The first kappa shape index (κ1) is 11.4. The van der Waals surface area contributed by atoms with Crippen LogP contribution in [-0.2, 0) is 18.3 Å². The average molecular weight is 234 g/mol. The minimum Gasteiger partial charge on any atom is -0.464 e. The van der Waals surface area contributed by atoms with Crippen LogP contribution in [0.15, 0.2) is 18.6 Å². The van der Waals surface area contributed by atoms with Gasteiger partial charge < -0.3 is 13.9 Å². The van der Waals surface area contributed by atoms with Crippen molar-refractivity contribution < 1.29 is 9.53 Å². The number of methoxy groups -OCH3 is 1. The number of nitrogens with zero attached hydrogens (tertiary/aromatic N) is 4. The largest absolute Gasteiger partial charge is 0.464 e. The summed E-state index contributed by atoms with van der Waals surface area (Å²) in [5.41, 5.74) is 0.438. The summed E-state index contributed by atoms with van der Waals surface area (Å²) < 4.78 is 8.40. The van der Waals surface area contributed by atoms with Gasteiger partial charge in [0, 0.05) is 19.4 Å². The molecule has 2 aromatic heterocycles. The predicted octanol–water partition coefficient (Wildman–Crippen LogP) is 0.760. The van der Waals surface area contributed by atoms with Gasteiger partial charge in [-0.25, -0.2) is 14.8 Å². The number of hydrogen-bond donors (Lipinski definition) is 0. The van der Waals surface area contributed by atoms with E-state index in [0.717, 1.165) is 11.6 Å². The maximum atomic E-state index is 11.6. The molecule has 0 aliphatic heterocycles. The van der Waals surface area contributed by atoms with E-state index >= 15 is 0 Å². The molecule has 6 nitrogen and oxygen atoms in total. The van der Waals surface area contributed by atoms with E-state index in [1.807, 2.05) is 24.7 Å². The molecule has 6 heteroatoms. The van der Waals surface area contributed by atoms with Crippen molar-refractivity contribution in [3.63, 3.8) is 0 Å². The van der Waals surface area contributed by atoms with Gasteiger partial charge in [0.05, 0.1) is 19.9 Å². The molecule has 2 aromatic rings. The van der Waals surface area contributed by atoms with Gasteiger partial charge in [0.25, 0.3) is 0 Å². The fraction of sp³-hybridized carbons (Fsp3) is 0.364. The topological polar surface area (TPSA) is 61.9 Å². The molecule has 0 fully saturated rings. The average Bonchev–Trinajstić information content (AvgIpc) is 2.87. The van der Waals surface area contributed by atoms with Crippen LogP contribution < -0.4 is 0 Å². The van der Waals surface area contributed by atoms with Crippen LogP contribution in [0.4, 0.5) is 0 Å². The van der Waals surface area contributed by atoms with Crippen LogP contribution in [0.25, 0.3) is 0 Å². The second-order valence-electron chi connectivity index (χ2n) is 3.72. The highest BCUT2D eigenvalue weighted by molar-refractivity contribution is 5.87. The maximum absolute atomic E-state index is 11.6. The highest BCUT2D eigenvalue weighted by atomic mass is 16.5. The Hall–Kier alpha value is -2.11. The van der Waals surface area contributed by atoms with Crippen molar-refractivity contribution in [3.8, 4) is 0 Å². The summed E-state index contributed by atoms with van der Waals surface area (Å²) in [4.78, 5) is 19.9. The molecule has 0 aliphatic rings. The zero-order valence-electron chi connectivity index (χ0n) is 10.0. The number of carbonyl (C=O) groups is 1. The van der Waals surface area contributed by atoms with Gasteiger partial charge in [0.1, 0.15) is 17.3 Å². The minimum absolute atomic E-state index is 0.389. The van der Waals surface area contributed by atoms with E-state index in [-0.39, 0.29) is 5.97 Å². The van der Waals surface area contributed by atoms with Crippen LogP contribution in [0, 0.1) is 6.92 Å². The summed E-state index contributed by atoms with van der Waals surface area (Å²) >= 11 is 0. The molecule has 90 valence electrons. The second-order valence-corrected chi connectivity index (χ2v) is 3.72. The quantitative estimate of drug-likeness (QED) is 0.735. The number of aromatic nitrogens is 4. The molecule has 0 unspecified atom stereocenters. The normalized spacial score (nSPS) is 10.5. The van der Waals surface area contributed by atoms with Crippen molar-refractivity contribution in [2.75, 3.05) is 7.11 Å². The van der Waals surface area contributed by atoms with Crippen molar-refractivity contribution in [1.29, 1.82) is 0 Å². The molecule has 0 saturated heterocycles. The van der Waals surface area contributed by atoms with Crippen LogP contribution in [0.3, 0.4) is 0 Å². The standard InChI is InChI=1S/C11H14N4O2/c1-8-13-6-9(11(16)17-3)15(8)7-10-12-4-5-14(10)2/h4-6H,7H2,1-3H3. The fourth-order valence-corrected chi connectivity index (χ4v) is 1.63. The number of imidazole rings is 2. The zero-order chi connectivity index (χ0) is 12.4. The highest BCUT2D eigenvalue weighted by Crippen LogP contribution is 2.09. The Balaban J connectivity index is 2.35. The Bertz CT molecular complexity index is 541. The smallest absolute Gasteiger partial charge is 0.356 e. The number of hydrogen-bond acceptors (Lipinski definition) is 4. The number of rotatable bonds is 3. The third-order valence-electron chi connectivity index (χ3n) is 2.67. The molecule has 0 N–H and O–H groups in total. The molecule has 0 spiro atoms. The molecule has 0 aliphatic carbocycles. The molecule has 0 amide bonds. The van der Waals surface area contributed by atoms with Crippen molar-refractivity contribution in [1.82, 2.24) is 19.1 Å². The summed E-state index contributed by atoms with van der Waals surface area (Å²) in [5, 5.41) is 0. The van der Waals surface area contributed by atoms with Crippen molar-refractivity contribution in [2.24, 2.45) is 7.05 Å². The summed E-state index contributed by atoms with van der Waals surface area (Å²) in [6.07, 6.45) is 5.10. The molecular weight excluding hydrogens is 220 g/mol. The van der Waals surface area contributed by atoms with E-state index in [1.54, 1.807) is 10.8 Å². The Morgan fingerprint density at radius 1 is 1.47 bits per heavy atom. The second kappa shape index (κ2) is 4.40. The Morgan fingerprint density at radius 2 is 2.24 bits per heavy atom. The van der Waals surface area contributed by atoms with Gasteiger partial charge in [-0.15, -0.1) is 0 Å². The Labute approximate surface area is 98.9 Å². The molecule has 2 rings (SSSR count). The Kier molecular flexibility index (Phi) is 2.95. The summed E-state index contributed by atoms with van der Waals surface area (Å²) in [6, 6.07) is 0. The minimum atomic E-state index is -0.389. The number of aryl methyl sites for hydroxylation is 2. The van der Waals surface area contributed by atoms with Gasteiger partial charge in [-0.3, -0.25) is 0 Å². The number of esters is 1. The summed E-state index contributed by atoms with van der Waals surface area (Å²) in [7, 11) is 3.27. The van der Waals surface area contributed by atoms with Gasteiger partial charge in [0.2, 0.25) is 0 Å². The lowest BCUT2D eigenvalue weighted by molar-refractivity contribution is 0.0588. The van der Waals surface area contributed by atoms with Crippen LogP contribution in [0.1, 0.15) is 22.1 Å². The first-order valence-electron chi connectivity index (χ1n) is 5.20. The SMILES string of the molecule is COC(=O)c1cnc(C)n1Cc1nccn1C. The van der Waals surface area contributed by atoms with Gasteiger partial charge in [0.15, 0.2) is 0 Å². The van der Waals surface area contributed by atoms with E-state index in [0.29, 0.717) is 12.2 Å². The lowest BCUT2D eigenvalue weighted by Gasteiger charge is -2.08. The Morgan fingerprint density at radius 3 is 2.82 bits per heavy atom. The van der Waals surface area contributed by atoms with Crippen LogP contribution in [0.2, 0.25) is 0 Å². The summed E-state index contributed by atoms with van der Waals surface area (Å²) in [6.45, 7) is 2.34. The number of carbonyl (C=O) groups excluding carboxylic acids is 1. The lowest BCUT2D eigenvalue weighted by Crippen LogP contribution is -2.14. The van der Waals surface area contributed by atoms with Gasteiger partial charge >= 0.3 is 5.97 Å². The van der Waals surface area contributed by atoms with Crippen molar-refractivity contribution >= 4 is 5.97 Å². The molecule has 2 heterocycles. The van der Waals surface area contributed by atoms with E-state index < -0.39 is 0 Å². The zero-order valence-corrected chi connectivity index (χ0v) is 10.0. The lowest BCUT2D eigenvalue weighted by atomic mass is 10.4. The van der Waals surface area contributed by atoms with Crippen LogP contribution in [0.5, 0.6) is 0 Å². The predicted molar refractivity (Wildman–Crippen MR) is 60.6 cm³/mol. The van der Waals surface area contributed by atoms with Crippen molar-refractivity contribution in [2.45, 2.75) is 13.5 Å². The van der Waals surface area contributed by atoms with Crippen molar-refractivity contribution in [3.05, 3.63) is 35.9 Å². The molecule has 0 aromatic carbocycles. The van der Waals surface area contributed by atoms with Gasteiger partial charge in [-0.05, 0) is 6.92 Å². The first-order valence-corrected chi connectivity index (χ1v) is 5.20. The third-order valence-corrected chi connectivity index (χ3v) is 2.67. The highest BCUT2D eigenvalue weighted by Gasteiger charge is 2.16. The van der Waals surface area contributed by atoms with E-state index in [4.69, 9.17) is 4.74 Å². The maximum Gasteiger partial charge on any atom is 0.356 e. The molecule has 0 saturated carbocycles. The van der Waals surface area contributed by atoms with Gasteiger partial charge in [-0.1, -0.05) is 0 Å². The fourth-order valence-electron chi connectivity index (χ4n) is 1.63. The molecule has 0 radical (unpaired) electrons. The molecule has 0 atom stereocenters. The first-order chi connectivity index (χ1) is 8.13. The molecule has 0 bridgehead atoms. The summed E-state index contributed by atoms with van der Waals surface area (Å²) in [5.74, 6) is 1.23. The third kappa shape index (κ3) is 2.06. The monoisotopic (exact) mass is 234 g/mol. The van der Waals surface area contributed by atoms with Crippen LogP contribution in [-0.4, -0.2) is 32.2 Å².